The first-order valence-electron chi connectivity index (χ1n) is 8.42. The van der Waals surface area contributed by atoms with Crippen LogP contribution in [0, 0.1) is 18.8 Å². The average molecular weight is 394 g/mol. The second kappa shape index (κ2) is 6.68. The van der Waals surface area contributed by atoms with Crippen molar-refractivity contribution in [1.82, 2.24) is 19.7 Å². The number of aryl methyl sites for hydroxylation is 1. The summed E-state index contributed by atoms with van der Waals surface area (Å²) in [5, 5.41) is 15.6. The second-order valence-corrected chi connectivity index (χ2v) is 6.92. The number of aromatic nitrogens is 4. The Morgan fingerprint density at radius 2 is 2.14 bits per heavy atom. The highest BCUT2D eigenvalue weighted by molar-refractivity contribution is 6.35. The van der Waals surface area contributed by atoms with Crippen molar-refractivity contribution < 1.29 is 9.63 Å². The van der Waals surface area contributed by atoms with E-state index < -0.39 is 5.60 Å². The standard InChI is InChI=1S/C20H16ClN5O2/c1-12-8-17(25-28-12)20(2,27)7-6-13-4-3-5-14(9-13)26-11-16(21)15-10-23-19(22)24-18(15)26/h3-5,8-11,27H,1-2H3,(H2,22,23,24)/t20-/m1/s1. The molecule has 140 valence electrons. The van der Waals surface area contributed by atoms with Crippen LogP contribution in [0.5, 0.6) is 0 Å². The van der Waals surface area contributed by atoms with Gasteiger partial charge >= 0.3 is 0 Å². The van der Waals surface area contributed by atoms with Crippen LogP contribution in [0.15, 0.2) is 47.2 Å². The molecular weight excluding hydrogens is 378 g/mol. The summed E-state index contributed by atoms with van der Waals surface area (Å²) in [6.07, 6.45) is 3.35. The van der Waals surface area contributed by atoms with Crippen LogP contribution in [-0.4, -0.2) is 24.8 Å². The van der Waals surface area contributed by atoms with E-state index in [4.69, 9.17) is 21.9 Å². The van der Waals surface area contributed by atoms with Gasteiger partial charge in [0.25, 0.3) is 0 Å². The summed E-state index contributed by atoms with van der Waals surface area (Å²) in [5.74, 6) is 6.59. The van der Waals surface area contributed by atoms with Gasteiger partial charge in [0.05, 0.1) is 10.4 Å². The maximum atomic E-state index is 10.6. The Hall–Kier alpha value is -3.34. The number of anilines is 1. The lowest BCUT2D eigenvalue weighted by molar-refractivity contribution is 0.112. The van der Waals surface area contributed by atoms with Gasteiger partial charge in [-0.2, -0.15) is 4.98 Å². The third-order valence-electron chi connectivity index (χ3n) is 4.22. The number of hydrogen-bond acceptors (Lipinski definition) is 6. The summed E-state index contributed by atoms with van der Waals surface area (Å²) in [7, 11) is 0. The van der Waals surface area contributed by atoms with Gasteiger partial charge in [0.2, 0.25) is 5.95 Å². The number of nitrogens with zero attached hydrogens (tertiary/aromatic N) is 4. The molecule has 0 saturated heterocycles. The fourth-order valence-electron chi connectivity index (χ4n) is 2.77. The van der Waals surface area contributed by atoms with Gasteiger partial charge in [0.15, 0.2) is 11.2 Å². The van der Waals surface area contributed by atoms with Crippen LogP contribution in [-0.2, 0) is 5.60 Å². The van der Waals surface area contributed by atoms with Crippen molar-refractivity contribution in [2.45, 2.75) is 19.4 Å². The van der Waals surface area contributed by atoms with Crippen molar-refractivity contribution in [1.29, 1.82) is 0 Å². The normalized spacial score (nSPS) is 13.1. The molecule has 4 aromatic rings. The van der Waals surface area contributed by atoms with E-state index in [-0.39, 0.29) is 5.95 Å². The predicted octanol–water partition coefficient (Wildman–Crippen LogP) is 3.21. The van der Waals surface area contributed by atoms with Gasteiger partial charge in [-0.1, -0.05) is 34.7 Å². The summed E-state index contributed by atoms with van der Waals surface area (Å²) in [6, 6.07) is 9.13. The third kappa shape index (κ3) is 3.31. The minimum atomic E-state index is -1.43. The number of benzene rings is 1. The third-order valence-corrected chi connectivity index (χ3v) is 4.52. The number of aliphatic hydroxyl groups is 1. The summed E-state index contributed by atoms with van der Waals surface area (Å²) < 4.78 is 6.84. The van der Waals surface area contributed by atoms with Crippen molar-refractivity contribution in [2.75, 3.05) is 5.73 Å². The Bertz CT molecular complexity index is 1250. The van der Waals surface area contributed by atoms with Crippen molar-refractivity contribution in [3.63, 3.8) is 0 Å². The van der Waals surface area contributed by atoms with Crippen LogP contribution < -0.4 is 5.73 Å². The molecule has 0 radical (unpaired) electrons. The van der Waals surface area contributed by atoms with Gasteiger partial charge in [-0.25, -0.2) is 4.98 Å². The van der Waals surface area contributed by atoms with Crippen LogP contribution in [0.25, 0.3) is 16.7 Å². The quantitative estimate of drug-likeness (QED) is 0.507. The molecule has 0 unspecified atom stereocenters. The second-order valence-electron chi connectivity index (χ2n) is 6.51. The minimum absolute atomic E-state index is 0.165. The molecule has 0 aliphatic carbocycles. The number of nitrogens with two attached hydrogens (primary N) is 1. The van der Waals surface area contributed by atoms with Crippen molar-refractivity contribution >= 4 is 28.6 Å². The molecule has 0 saturated carbocycles. The Balaban J connectivity index is 1.73. The van der Waals surface area contributed by atoms with Crippen LogP contribution in [0.2, 0.25) is 5.02 Å². The maximum absolute atomic E-state index is 10.6. The molecule has 8 heteroatoms. The van der Waals surface area contributed by atoms with Crippen LogP contribution in [0.3, 0.4) is 0 Å². The predicted molar refractivity (Wildman–Crippen MR) is 106 cm³/mol. The molecule has 1 atom stereocenters. The highest BCUT2D eigenvalue weighted by atomic mass is 35.5. The molecule has 3 heterocycles. The Morgan fingerprint density at radius 3 is 2.89 bits per heavy atom. The fraction of sp³-hybridized carbons (Fsp3) is 0.150. The molecule has 0 bridgehead atoms. The summed E-state index contributed by atoms with van der Waals surface area (Å²) in [5.41, 5.74) is 6.77. The molecule has 3 N–H and O–H groups in total. The first-order valence-corrected chi connectivity index (χ1v) is 8.80. The van der Waals surface area contributed by atoms with E-state index in [1.807, 2.05) is 28.8 Å². The zero-order valence-corrected chi connectivity index (χ0v) is 15.9. The zero-order valence-electron chi connectivity index (χ0n) is 15.1. The molecule has 0 aliphatic heterocycles. The highest BCUT2D eigenvalue weighted by Gasteiger charge is 2.24. The van der Waals surface area contributed by atoms with Crippen LogP contribution in [0.4, 0.5) is 5.95 Å². The van der Waals surface area contributed by atoms with Gasteiger partial charge < -0.3 is 15.4 Å². The molecule has 0 fully saturated rings. The Kier molecular flexibility index (Phi) is 4.30. The molecule has 0 aliphatic rings. The fourth-order valence-corrected chi connectivity index (χ4v) is 3.00. The van der Waals surface area contributed by atoms with E-state index in [0.29, 0.717) is 33.1 Å². The minimum Gasteiger partial charge on any atom is -0.372 e. The van der Waals surface area contributed by atoms with Gasteiger partial charge in [-0.3, -0.25) is 4.57 Å². The lowest BCUT2D eigenvalue weighted by Gasteiger charge is -2.11. The first-order chi connectivity index (χ1) is 13.3. The molecule has 1 aromatic carbocycles. The Morgan fingerprint density at radius 1 is 1.32 bits per heavy atom. The van der Waals surface area contributed by atoms with E-state index >= 15 is 0 Å². The lowest BCUT2D eigenvalue weighted by Crippen LogP contribution is -2.18. The van der Waals surface area contributed by atoms with Crippen molar-refractivity contribution in [2.24, 2.45) is 0 Å². The van der Waals surface area contributed by atoms with Gasteiger partial charge in [-0.05, 0) is 32.0 Å². The molecule has 7 nitrogen and oxygen atoms in total. The zero-order chi connectivity index (χ0) is 19.9. The van der Waals surface area contributed by atoms with E-state index in [2.05, 4.69) is 27.0 Å². The Labute approximate surface area is 165 Å². The number of nitrogen functional groups attached to an aromatic ring is 1. The van der Waals surface area contributed by atoms with Crippen molar-refractivity contribution in [3.05, 3.63) is 64.8 Å². The number of rotatable bonds is 2. The molecule has 0 spiro atoms. The topological polar surface area (TPSA) is 103 Å². The van der Waals surface area contributed by atoms with E-state index in [1.54, 1.807) is 32.3 Å². The van der Waals surface area contributed by atoms with Crippen LogP contribution >= 0.6 is 11.6 Å². The number of halogens is 1. The van der Waals surface area contributed by atoms with E-state index in [9.17, 15) is 5.11 Å². The largest absolute Gasteiger partial charge is 0.372 e. The van der Waals surface area contributed by atoms with Gasteiger partial charge in [-0.15, -0.1) is 0 Å². The first kappa shape index (κ1) is 18.0. The van der Waals surface area contributed by atoms with E-state index in [1.165, 1.54) is 0 Å². The van der Waals surface area contributed by atoms with E-state index in [0.717, 1.165) is 5.69 Å². The molecule has 4 rings (SSSR count). The SMILES string of the molecule is Cc1cc([C@](C)(O)C#Cc2cccc(-n3cc(Cl)c4cnc(N)nc43)c2)no1. The molecule has 3 aromatic heterocycles. The lowest BCUT2D eigenvalue weighted by atomic mass is 10.0. The van der Waals surface area contributed by atoms with Crippen LogP contribution in [0.1, 0.15) is 23.9 Å². The molecule has 28 heavy (non-hydrogen) atoms. The number of hydrogen-bond donors (Lipinski definition) is 2. The van der Waals surface area contributed by atoms with Crippen molar-refractivity contribution in [3.8, 4) is 17.5 Å². The van der Waals surface area contributed by atoms with Gasteiger partial charge in [0.1, 0.15) is 11.5 Å². The summed E-state index contributed by atoms with van der Waals surface area (Å²) >= 11 is 6.29. The maximum Gasteiger partial charge on any atom is 0.221 e. The summed E-state index contributed by atoms with van der Waals surface area (Å²) in [6.45, 7) is 3.33. The number of fused-ring (bicyclic) bond motifs is 1. The molecule has 0 amide bonds. The molecular formula is C20H16ClN5O2. The summed E-state index contributed by atoms with van der Waals surface area (Å²) in [4.78, 5) is 8.27. The average Bonchev–Trinajstić information content (AvgIpc) is 3.24. The smallest absolute Gasteiger partial charge is 0.221 e. The monoisotopic (exact) mass is 393 g/mol. The highest BCUT2D eigenvalue weighted by Crippen LogP contribution is 2.27. The van der Waals surface area contributed by atoms with Gasteiger partial charge in [0, 0.05) is 29.7 Å².